The van der Waals surface area contributed by atoms with E-state index in [0.717, 1.165) is 50.6 Å². The van der Waals surface area contributed by atoms with Gasteiger partial charge in [0.15, 0.2) is 5.96 Å². The number of aromatic nitrogens is 2. The van der Waals surface area contributed by atoms with Crippen LogP contribution in [0.5, 0.6) is 0 Å². The van der Waals surface area contributed by atoms with E-state index in [1.807, 2.05) is 11.6 Å². The van der Waals surface area contributed by atoms with E-state index in [4.69, 9.17) is 0 Å². The predicted octanol–water partition coefficient (Wildman–Crippen LogP) is 0.727. The van der Waals surface area contributed by atoms with Gasteiger partial charge in [0.2, 0.25) is 10.0 Å². The second kappa shape index (κ2) is 9.36. The Hall–Kier alpha value is -1.61. The zero-order valence-electron chi connectivity index (χ0n) is 16.3. The predicted molar refractivity (Wildman–Crippen MR) is 105 cm³/mol. The van der Waals surface area contributed by atoms with Crippen LogP contribution >= 0.6 is 0 Å². The summed E-state index contributed by atoms with van der Waals surface area (Å²) in [6.45, 7) is 7.82. The number of hydrogen-bond acceptors (Lipinski definition) is 4. The minimum absolute atomic E-state index is 0.473. The molecule has 0 atom stereocenters. The van der Waals surface area contributed by atoms with E-state index >= 15 is 0 Å². The van der Waals surface area contributed by atoms with Crippen LogP contribution in [0.25, 0.3) is 0 Å². The van der Waals surface area contributed by atoms with Crippen LogP contribution in [-0.2, 0) is 16.6 Å². The van der Waals surface area contributed by atoms with E-state index in [2.05, 4.69) is 33.7 Å². The molecule has 2 rings (SSSR count). The molecule has 26 heavy (non-hydrogen) atoms. The first kappa shape index (κ1) is 20.7. The molecule has 8 nitrogen and oxygen atoms in total. The van der Waals surface area contributed by atoms with Crippen LogP contribution in [0.15, 0.2) is 11.1 Å². The third-order valence-electron chi connectivity index (χ3n) is 4.77. The summed E-state index contributed by atoms with van der Waals surface area (Å²) in [6, 6.07) is 2.09. The molecule has 1 aromatic heterocycles. The molecule has 0 spiro atoms. The maximum atomic E-state index is 11.6. The zero-order chi connectivity index (χ0) is 19.2. The lowest BCUT2D eigenvalue weighted by Gasteiger charge is -2.30. The van der Waals surface area contributed by atoms with Gasteiger partial charge >= 0.3 is 0 Å². The number of sulfonamides is 1. The first-order chi connectivity index (χ1) is 12.3. The third kappa shape index (κ3) is 6.28. The molecule has 0 bridgehead atoms. The Morgan fingerprint density at radius 2 is 2.00 bits per heavy atom. The average Bonchev–Trinajstić information content (AvgIpc) is 2.91. The molecular weight excluding hydrogens is 352 g/mol. The summed E-state index contributed by atoms with van der Waals surface area (Å²) in [4.78, 5) is 4.26. The summed E-state index contributed by atoms with van der Waals surface area (Å²) < 4.78 is 26.7. The van der Waals surface area contributed by atoms with Gasteiger partial charge in [-0.15, -0.1) is 0 Å². The first-order valence-corrected chi connectivity index (χ1v) is 11.0. The minimum atomic E-state index is -3.05. The van der Waals surface area contributed by atoms with Gasteiger partial charge in [0.25, 0.3) is 0 Å². The molecule has 1 aliphatic heterocycles. The molecule has 0 aliphatic carbocycles. The molecule has 1 aliphatic rings. The number of hydrogen-bond donors (Lipinski definition) is 2. The van der Waals surface area contributed by atoms with Gasteiger partial charge in [0, 0.05) is 45.5 Å². The van der Waals surface area contributed by atoms with Crippen LogP contribution in [-0.4, -0.2) is 67.9 Å². The Labute approximate surface area is 157 Å². The van der Waals surface area contributed by atoms with E-state index in [1.165, 1.54) is 11.9 Å². The van der Waals surface area contributed by atoms with Crippen LogP contribution in [0.2, 0.25) is 0 Å². The molecule has 2 N–H and O–H groups in total. The van der Waals surface area contributed by atoms with Crippen molar-refractivity contribution in [2.75, 3.05) is 39.5 Å². The van der Waals surface area contributed by atoms with Gasteiger partial charge < -0.3 is 10.6 Å². The highest BCUT2D eigenvalue weighted by molar-refractivity contribution is 7.88. The molecule has 0 aromatic carbocycles. The Morgan fingerprint density at radius 1 is 1.31 bits per heavy atom. The Bertz CT molecular complexity index is 705. The molecule has 0 radical (unpaired) electrons. The highest BCUT2D eigenvalue weighted by Crippen LogP contribution is 2.18. The van der Waals surface area contributed by atoms with Gasteiger partial charge in [0.05, 0.1) is 11.9 Å². The quantitative estimate of drug-likeness (QED) is 0.411. The Balaban J connectivity index is 1.65. The molecule has 0 unspecified atom stereocenters. The normalized spacial score (nSPS) is 17.5. The van der Waals surface area contributed by atoms with Gasteiger partial charge in [-0.3, -0.25) is 9.67 Å². The molecule has 0 amide bonds. The standard InChI is InChI=1S/C17H32N6O2S/c1-14-12-15(2)23(21-14)9-5-8-19-17(18-3)20-13-16-6-10-22(11-7-16)26(4,24)25/h12,16H,5-11,13H2,1-4H3,(H2,18,19,20). The second-order valence-corrected chi connectivity index (χ2v) is 8.97. The molecule has 1 fully saturated rings. The fourth-order valence-corrected chi connectivity index (χ4v) is 4.12. The van der Waals surface area contributed by atoms with E-state index in [1.54, 1.807) is 11.4 Å². The fourth-order valence-electron chi connectivity index (χ4n) is 3.24. The van der Waals surface area contributed by atoms with E-state index < -0.39 is 10.0 Å². The topological polar surface area (TPSA) is 91.6 Å². The van der Waals surface area contributed by atoms with Gasteiger partial charge in [-0.05, 0) is 45.1 Å². The third-order valence-corrected chi connectivity index (χ3v) is 6.07. The molecule has 1 saturated heterocycles. The zero-order valence-corrected chi connectivity index (χ0v) is 17.1. The lowest BCUT2D eigenvalue weighted by atomic mass is 9.98. The van der Waals surface area contributed by atoms with Crippen molar-refractivity contribution in [2.45, 2.75) is 39.7 Å². The van der Waals surface area contributed by atoms with Crippen molar-refractivity contribution in [2.24, 2.45) is 10.9 Å². The number of aryl methyl sites for hydroxylation is 3. The van der Waals surface area contributed by atoms with Crippen LogP contribution in [0.4, 0.5) is 0 Å². The van der Waals surface area contributed by atoms with Gasteiger partial charge in [-0.25, -0.2) is 12.7 Å². The number of piperidine rings is 1. The van der Waals surface area contributed by atoms with E-state index in [-0.39, 0.29) is 0 Å². The van der Waals surface area contributed by atoms with Crippen molar-refractivity contribution in [3.8, 4) is 0 Å². The van der Waals surface area contributed by atoms with Crippen molar-refractivity contribution in [3.05, 3.63) is 17.5 Å². The van der Waals surface area contributed by atoms with Crippen LogP contribution in [0, 0.1) is 19.8 Å². The van der Waals surface area contributed by atoms with Crippen LogP contribution in [0.3, 0.4) is 0 Å². The fraction of sp³-hybridized carbons (Fsp3) is 0.765. The SMILES string of the molecule is CN=C(NCCCn1nc(C)cc1C)NCC1CCN(S(C)(=O)=O)CC1. The van der Waals surface area contributed by atoms with Crippen molar-refractivity contribution >= 4 is 16.0 Å². The largest absolute Gasteiger partial charge is 0.356 e. The van der Waals surface area contributed by atoms with Crippen molar-refractivity contribution < 1.29 is 8.42 Å². The van der Waals surface area contributed by atoms with Gasteiger partial charge in [-0.2, -0.15) is 5.10 Å². The van der Waals surface area contributed by atoms with Crippen LogP contribution < -0.4 is 10.6 Å². The summed E-state index contributed by atoms with van der Waals surface area (Å²) in [7, 11) is -1.29. The maximum Gasteiger partial charge on any atom is 0.211 e. The van der Waals surface area contributed by atoms with Crippen molar-refractivity contribution in [1.82, 2.24) is 24.7 Å². The van der Waals surface area contributed by atoms with Crippen molar-refractivity contribution in [1.29, 1.82) is 0 Å². The molecule has 2 heterocycles. The molecule has 148 valence electrons. The molecule has 0 saturated carbocycles. The summed E-state index contributed by atoms with van der Waals surface area (Å²) in [5.74, 6) is 1.27. The second-order valence-electron chi connectivity index (χ2n) is 6.99. The van der Waals surface area contributed by atoms with E-state index in [0.29, 0.717) is 19.0 Å². The molecular formula is C17H32N6O2S. The Morgan fingerprint density at radius 3 is 2.54 bits per heavy atom. The Kier molecular flexibility index (Phi) is 7.45. The van der Waals surface area contributed by atoms with E-state index in [9.17, 15) is 8.42 Å². The number of nitrogens with zero attached hydrogens (tertiary/aromatic N) is 4. The number of aliphatic imine (C=N–C) groups is 1. The minimum Gasteiger partial charge on any atom is -0.356 e. The van der Waals surface area contributed by atoms with Crippen molar-refractivity contribution in [3.63, 3.8) is 0 Å². The number of nitrogens with one attached hydrogen (secondary N) is 2. The molecule has 9 heteroatoms. The summed E-state index contributed by atoms with van der Waals surface area (Å²) in [5, 5.41) is 11.1. The van der Waals surface area contributed by atoms with Gasteiger partial charge in [0.1, 0.15) is 0 Å². The lowest BCUT2D eigenvalue weighted by molar-refractivity contribution is 0.275. The number of guanidine groups is 1. The average molecular weight is 385 g/mol. The van der Waals surface area contributed by atoms with Crippen LogP contribution in [0.1, 0.15) is 30.7 Å². The summed E-state index contributed by atoms with van der Waals surface area (Å²) in [6.07, 6.45) is 4.02. The maximum absolute atomic E-state index is 11.6. The highest BCUT2D eigenvalue weighted by atomic mass is 32.2. The number of rotatable bonds is 7. The smallest absolute Gasteiger partial charge is 0.211 e. The summed E-state index contributed by atoms with van der Waals surface area (Å²) >= 11 is 0. The first-order valence-electron chi connectivity index (χ1n) is 9.20. The van der Waals surface area contributed by atoms with Gasteiger partial charge in [-0.1, -0.05) is 0 Å². The molecule has 1 aromatic rings. The lowest BCUT2D eigenvalue weighted by Crippen LogP contribution is -2.44. The monoisotopic (exact) mass is 384 g/mol. The summed E-state index contributed by atoms with van der Waals surface area (Å²) in [5.41, 5.74) is 2.24. The highest BCUT2D eigenvalue weighted by Gasteiger charge is 2.24.